The molecule has 3 heterocycles. The van der Waals surface area contributed by atoms with Crippen LogP contribution in [0.25, 0.3) is 11.3 Å². The number of hydrogen-bond acceptors (Lipinski definition) is 5. The van der Waals surface area contributed by atoms with Crippen molar-refractivity contribution in [1.82, 2.24) is 10.1 Å². The van der Waals surface area contributed by atoms with Gasteiger partial charge >= 0.3 is 0 Å². The van der Waals surface area contributed by atoms with Crippen molar-refractivity contribution in [2.24, 2.45) is 0 Å². The maximum atomic E-state index is 12.8. The molecule has 0 unspecified atom stereocenters. The first-order chi connectivity index (χ1) is 12.3. The van der Waals surface area contributed by atoms with Crippen LogP contribution < -0.4 is 4.74 Å². The van der Waals surface area contributed by atoms with Crippen molar-refractivity contribution in [2.45, 2.75) is 18.9 Å². The van der Waals surface area contributed by atoms with Crippen molar-refractivity contribution < 1.29 is 18.5 Å². The molecule has 1 aliphatic heterocycles. The summed E-state index contributed by atoms with van der Waals surface area (Å²) in [4.78, 5) is 14.6. The van der Waals surface area contributed by atoms with Crippen molar-refractivity contribution in [1.29, 1.82) is 0 Å². The normalized spacial score (nSPS) is 17.0. The van der Waals surface area contributed by atoms with E-state index in [0.29, 0.717) is 18.0 Å². The number of hydrogen-bond donors (Lipinski definition) is 0. The lowest BCUT2D eigenvalue weighted by Gasteiger charge is -2.21. The molecule has 1 fully saturated rings. The Morgan fingerprint density at radius 1 is 1.28 bits per heavy atom. The average molecular weight is 338 g/mol. The highest BCUT2D eigenvalue weighted by Gasteiger charge is 2.33. The van der Waals surface area contributed by atoms with Crippen molar-refractivity contribution >= 4 is 5.91 Å². The highest BCUT2D eigenvalue weighted by Crippen LogP contribution is 2.33. The predicted molar refractivity (Wildman–Crippen MR) is 90.2 cm³/mol. The Hall–Kier alpha value is -3.02. The third kappa shape index (κ3) is 2.91. The number of methoxy groups -OCH3 is 1. The minimum absolute atomic E-state index is 0.0383. The van der Waals surface area contributed by atoms with Gasteiger partial charge in [-0.2, -0.15) is 0 Å². The monoisotopic (exact) mass is 338 g/mol. The van der Waals surface area contributed by atoms with Gasteiger partial charge in [-0.3, -0.25) is 4.79 Å². The zero-order chi connectivity index (χ0) is 17.2. The van der Waals surface area contributed by atoms with Crippen LogP contribution in [0.5, 0.6) is 5.75 Å². The largest absolute Gasteiger partial charge is 0.497 e. The van der Waals surface area contributed by atoms with Crippen LogP contribution in [-0.4, -0.2) is 29.6 Å². The Morgan fingerprint density at radius 3 is 2.84 bits per heavy atom. The molecule has 2 aromatic heterocycles. The van der Waals surface area contributed by atoms with Gasteiger partial charge in [0, 0.05) is 18.2 Å². The number of ether oxygens (including phenoxy) is 1. The molecule has 3 aromatic rings. The first-order valence-corrected chi connectivity index (χ1v) is 8.22. The van der Waals surface area contributed by atoms with E-state index in [9.17, 15) is 4.79 Å². The van der Waals surface area contributed by atoms with E-state index < -0.39 is 0 Å². The minimum atomic E-state index is -0.137. The fraction of sp³-hybridized carbons (Fsp3) is 0.263. The van der Waals surface area contributed by atoms with Crippen LogP contribution >= 0.6 is 0 Å². The smallest absolute Gasteiger partial charge is 0.276 e. The van der Waals surface area contributed by atoms with Crippen LogP contribution in [0.4, 0.5) is 0 Å². The van der Waals surface area contributed by atoms with Gasteiger partial charge in [-0.05, 0) is 49.2 Å². The van der Waals surface area contributed by atoms with Gasteiger partial charge in [0.1, 0.15) is 11.5 Å². The van der Waals surface area contributed by atoms with Gasteiger partial charge in [0.2, 0.25) is 0 Å². The summed E-state index contributed by atoms with van der Waals surface area (Å²) in [7, 11) is 1.62. The summed E-state index contributed by atoms with van der Waals surface area (Å²) >= 11 is 0. The SMILES string of the molecule is COc1ccc(-c2cc(C(=O)N3CCC[C@@H]3c3ccco3)no2)cc1. The first kappa shape index (κ1) is 15.5. The molecule has 1 amide bonds. The summed E-state index contributed by atoms with van der Waals surface area (Å²) in [5.41, 5.74) is 1.15. The molecule has 0 N–H and O–H groups in total. The second-order valence-corrected chi connectivity index (χ2v) is 5.98. The summed E-state index contributed by atoms with van der Waals surface area (Å²) in [6.45, 7) is 0.689. The van der Waals surface area contributed by atoms with Gasteiger partial charge in [-0.15, -0.1) is 0 Å². The van der Waals surface area contributed by atoms with E-state index in [1.807, 2.05) is 36.4 Å². The van der Waals surface area contributed by atoms with Crippen LogP contribution in [0.3, 0.4) is 0 Å². The number of benzene rings is 1. The lowest BCUT2D eigenvalue weighted by Crippen LogP contribution is -2.30. The third-order valence-electron chi connectivity index (χ3n) is 4.49. The number of nitrogens with zero attached hydrogens (tertiary/aromatic N) is 2. The van der Waals surface area contributed by atoms with Gasteiger partial charge in [-0.25, -0.2) is 0 Å². The van der Waals surface area contributed by atoms with Crippen LogP contribution in [0.2, 0.25) is 0 Å². The van der Waals surface area contributed by atoms with Crippen LogP contribution in [0.1, 0.15) is 35.1 Å². The molecule has 4 rings (SSSR count). The number of carbonyl (C=O) groups excluding carboxylic acids is 1. The quantitative estimate of drug-likeness (QED) is 0.721. The molecule has 1 aliphatic rings. The highest BCUT2D eigenvalue weighted by atomic mass is 16.5. The second kappa shape index (κ2) is 6.47. The molecule has 0 saturated carbocycles. The molecule has 1 aromatic carbocycles. The summed E-state index contributed by atoms with van der Waals surface area (Å²) < 4.78 is 16.0. The Morgan fingerprint density at radius 2 is 2.12 bits per heavy atom. The second-order valence-electron chi connectivity index (χ2n) is 5.98. The topological polar surface area (TPSA) is 68.7 Å². The van der Waals surface area contributed by atoms with Gasteiger partial charge in [0.25, 0.3) is 5.91 Å². The molecule has 128 valence electrons. The predicted octanol–water partition coefficient (Wildman–Crippen LogP) is 3.92. The zero-order valence-electron chi connectivity index (χ0n) is 13.8. The van der Waals surface area contributed by atoms with Gasteiger partial charge in [-0.1, -0.05) is 5.16 Å². The van der Waals surface area contributed by atoms with Gasteiger partial charge in [0.05, 0.1) is 19.4 Å². The Bertz CT molecular complexity index is 852. The van der Waals surface area contributed by atoms with Crippen molar-refractivity contribution in [3.8, 4) is 17.1 Å². The van der Waals surface area contributed by atoms with Crippen LogP contribution in [0, 0.1) is 0 Å². The molecule has 6 heteroatoms. The summed E-state index contributed by atoms with van der Waals surface area (Å²) in [5, 5.41) is 3.97. The number of rotatable bonds is 4. The number of carbonyl (C=O) groups is 1. The maximum absolute atomic E-state index is 12.8. The molecule has 1 saturated heterocycles. The Kier molecular flexibility index (Phi) is 4.01. The summed E-state index contributed by atoms with van der Waals surface area (Å²) in [6, 6.07) is 12.8. The Balaban J connectivity index is 1.55. The van der Waals surface area contributed by atoms with Crippen molar-refractivity contribution in [2.75, 3.05) is 13.7 Å². The van der Waals surface area contributed by atoms with E-state index in [0.717, 1.165) is 29.9 Å². The molecular formula is C19H18N2O4. The molecule has 1 atom stereocenters. The highest BCUT2D eigenvalue weighted by molar-refractivity contribution is 5.93. The standard InChI is InChI=1S/C19H18N2O4/c1-23-14-8-6-13(7-9-14)18-12-15(20-25-18)19(22)21-10-2-4-16(21)17-5-3-11-24-17/h3,5-9,11-12,16H,2,4,10H2,1H3/t16-/m1/s1. The fourth-order valence-corrected chi connectivity index (χ4v) is 3.20. The summed E-state index contributed by atoms with van der Waals surface area (Å²) in [6.07, 6.45) is 3.47. The number of likely N-dealkylation sites (tertiary alicyclic amines) is 1. The van der Waals surface area contributed by atoms with E-state index in [4.69, 9.17) is 13.7 Å². The number of amides is 1. The number of furan rings is 1. The van der Waals surface area contributed by atoms with Crippen LogP contribution in [0.15, 0.2) is 57.7 Å². The van der Waals surface area contributed by atoms with Gasteiger partial charge < -0.3 is 18.6 Å². The van der Waals surface area contributed by atoms with Crippen molar-refractivity contribution in [3.05, 3.63) is 60.2 Å². The van der Waals surface area contributed by atoms with Crippen LogP contribution in [-0.2, 0) is 0 Å². The van der Waals surface area contributed by atoms with E-state index in [-0.39, 0.29) is 11.9 Å². The molecule has 0 radical (unpaired) electrons. The molecular weight excluding hydrogens is 320 g/mol. The van der Waals surface area contributed by atoms with E-state index >= 15 is 0 Å². The summed E-state index contributed by atoms with van der Waals surface area (Å²) in [5.74, 6) is 1.99. The molecule has 25 heavy (non-hydrogen) atoms. The first-order valence-electron chi connectivity index (χ1n) is 8.22. The van der Waals surface area contributed by atoms with E-state index in [1.54, 1.807) is 24.3 Å². The van der Waals surface area contributed by atoms with Crippen molar-refractivity contribution in [3.63, 3.8) is 0 Å². The van der Waals surface area contributed by atoms with E-state index in [1.165, 1.54) is 0 Å². The number of aromatic nitrogens is 1. The lowest BCUT2D eigenvalue weighted by atomic mass is 10.1. The molecule has 0 spiro atoms. The zero-order valence-corrected chi connectivity index (χ0v) is 13.8. The van der Waals surface area contributed by atoms with E-state index in [2.05, 4.69) is 5.16 Å². The molecule has 0 bridgehead atoms. The Labute approximate surface area is 145 Å². The molecule has 0 aliphatic carbocycles. The lowest BCUT2D eigenvalue weighted by molar-refractivity contribution is 0.0709. The van der Waals surface area contributed by atoms with Gasteiger partial charge in [0.15, 0.2) is 11.5 Å². The minimum Gasteiger partial charge on any atom is -0.497 e. The fourth-order valence-electron chi connectivity index (χ4n) is 3.20. The third-order valence-corrected chi connectivity index (χ3v) is 4.49. The maximum Gasteiger partial charge on any atom is 0.276 e. The molecule has 6 nitrogen and oxygen atoms in total. The average Bonchev–Trinajstić information content (AvgIpc) is 3.42.